The van der Waals surface area contributed by atoms with E-state index in [9.17, 15) is 8.42 Å². The van der Waals surface area contributed by atoms with E-state index in [0.29, 0.717) is 11.0 Å². The second kappa shape index (κ2) is 5.76. The topological polar surface area (TPSA) is 114 Å². The maximum atomic E-state index is 10.5. The van der Waals surface area contributed by atoms with Gasteiger partial charge in [-0.3, -0.25) is 0 Å². The minimum atomic E-state index is -3.98. The third kappa shape index (κ3) is 4.98. The van der Waals surface area contributed by atoms with Gasteiger partial charge >= 0.3 is 72.0 Å². The maximum absolute atomic E-state index is 10.5. The summed E-state index contributed by atoms with van der Waals surface area (Å²) in [6.45, 7) is 0. The van der Waals surface area contributed by atoms with Crippen molar-refractivity contribution in [2.45, 2.75) is 5.75 Å². The summed E-state index contributed by atoms with van der Waals surface area (Å²) in [7, 11) is 1.47. The van der Waals surface area contributed by atoms with Gasteiger partial charge in [0.05, 0.1) is 0 Å². The fourth-order valence-electron chi connectivity index (χ4n) is 0.862. The van der Waals surface area contributed by atoms with E-state index >= 15 is 0 Å². The molecule has 0 unspecified atom stereocenters. The molecule has 0 saturated carbocycles. The molecule has 0 amide bonds. The van der Waals surface area contributed by atoms with Crippen LogP contribution >= 0.6 is 0 Å². The molecule has 0 spiro atoms. The molecule has 0 atom stereocenters. The zero-order valence-electron chi connectivity index (χ0n) is 7.16. The van der Waals surface area contributed by atoms with Crippen molar-refractivity contribution in [1.29, 1.82) is 0 Å². The van der Waals surface area contributed by atoms with Crippen LogP contribution in [0.3, 0.4) is 0 Å². The summed E-state index contributed by atoms with van der Waals surface area (Å²) in [6, 6.07) is 6.50. The summed E-state index contributed by atoms with van der Waals surface area (Å²) < 4.78 is 29.4. The molecular weight excluding hydrogens is 207 g/mol. The van der Waals surface area contributed by atoms with Gasteiger partial charge in [0.25, 0.3) is 0 Å². The number of hydrogen-bond donors (Lipinski definition) is 1. The normalized spacial score (nSPS) is 9.93. The van der Waals surface area contributed by atoms with E-state index in [1.54, 1.807) is 24.3 Å². The second-order valence-corrected chi connectivity index (χ2v) is 3.88. The van der Waals surface area contributed by atoms with Crippen LogP contribution in [-0.4, -0.2) is 31.8 Å². The fourth-order valence-corrected chi connectivity index (χ4v) is 1.52. The predicted molar refractivity (Wildman–Crippen MR) is 51.0 cm³/mol. The van der Waals surface area contributed by atoms with Crippen molar-refractivity contribution >= 4 is 23.4 Å². The van der Waals surface area contributed by atoms with Gasteiger partial charge in [0.15, 0.2) is 0 Å². The van der Waals surface area contributed by atoms with E-state index in [-0.39, 0.29) is 11.0 Å². The van der Waals surface area contributed by atoms with Crippen LogP contribution in [0.2, 0.25) is 0 Å². The summed E-state index contributed by atoms with van der Waals surface area (Å²) in [6.07, 6.45) is 0. The molecular formula is C7H9BO5S. The minimum Gasteiger partial charge on any atom is -0.870 e. The Labute approximate surface area is 83.5 Å². The SMILES string of the molecule is [B+2]c1ccccc1CS(=O)(=O)O.[OH-].[OH-]. The molecule has 0 aliphatic heterocycles. The first-order chi connectivity index (χ1) is 5.49. The first kappa shape index (κ1) is 15.6. The molecule has 1 aromatic carbocycles. The van der Waals surface area contributed by atoms with Gasteiger partial charge in [0.1, 0.15) is 0 Å². The molecule has 3 N–H and O–H groups in total. The van der Waals surface area contributed by atoms with Crippen LogP contribution in [0.1, 0.15) is 5.56 Å². The van der Waals surface area contributed by atoms with Gasteiger partial charge in [-0.05, 0) is 0 Å². The Morgan fingerprint density at radius 1 is 1.21 bits per heavy atom. The van der Waals surface area contributed by atoms with E-state index in [2.05, 4.69) is 0 Å². The van der Waals surface area contributed by atoms with Gasteiger partial charge in [0, 0.05) is 0 Å². The Morgan fingerprint density at radius 3 is 2.14 bits per heavy atom. The average molecular weight is 216 g/mol. The molecule has 0 fully saturated rings. The zero-order valence-corrected chi connectivity index (χ0v) is 7.98. The molecule has 0 saturated heterocycles. The Hall–Kier alpha value is -0.885. The summed E-state index contributed by atoms with van der Waals surface area (Å²) in [5, 5.41) is 0. The minimum absolute atomic E-state index is 0. The van der Waals surface area contributed by atoms with E-state index in [0.717, 1.165) is 0 Å². The molecule has 76 valence electrons. The molecule has 0 bridgehead atoms. The van der Waals surface area contributed by atoms with Crippen LogP contribution in [0.5, 0.6) is 0 Å². The molecule has 0 radical (unpaired) electrons. The number of benzene rings is 1. The van der Waals surface area contributed by atoms with E-state index in [1.807, 2.05) is 0 Å². The second-order valence-electron chi connectivity index (χ2n) is 2.43. The number of rotatable bonds is 2. The summed E-state index contributed by atoms with van der Waals surface area (Å²) in [4.78, 5) is 0. The largest absolute Gasteiger partial charge is 0.870 e. The van der Waals surface area contributed by atoms with Crippen molar-refractivity contribution in [3.8, 4) is 0 Å². The summed E-state index contributed by atoms with van der Waals surface area (Å²) in [5.41, 5.74) is 0.787. The first-order valence-corrected chi connectivity index (χ1v) is 4.88. The molecule has 7 heteroatoms. The van der Waals surface area contributed by atoms with E-state index in [4.69, 9.17) is 12.4 Å². The summed E-state index contributed by atoms with van der Waals surface area (Å²) >= 11 is 0. The van der Waals surface area contributed by atoms with Crippen molar-refractivity contribution in [3.05, 3.63) is 29.8 Å². The van der Waals surface area contributed by atoms with Crippen LogP contribution < -0.4 is 5.46 Å². The van der Waals surface area contributed by atoms with Gasteiger partial charge in [-0.15, -0.1) is 0 Å². The van der Waals surface area contributed by atoms with Crippen LogP contribution in [0.25, 0.3) is 0 Å². The van der Waals surface area contributed by atoms with Gasteiger partial charge in [-0.2, -0.15) is 0 Å². The molecule has 0 aliphatic carbocycles. The molecule has 1 aromatic rings. The Morgan fingerprint density at radius 2 is 1.71 bits per heavy atom. The smallest absolute Gasteiger partial charge is 0.870 e. The van der Waals surface area contributed by atoms with Crippen LogP contribution in [-0.2, 0) is 15.9 Å². The molecule has 0 heterocycles. The van der Waals surface area contributed by atoms with Gasteiger partial charge in [-0.1, -0.05) is 0 Å². The molecule has 14 heavy (non-hydrogen) atoms. The molecule has 5 nitrogen and oxygen atoms in total. The molecule has 0 aliphatic rings. The van der Waals surface area contributed by atoms with Crippen LogP contribution in [0.4, 0.5) is 0 Å². The average Bonchev–Trinajstić information content (AvgIpc) is 1.91. The molecule has 0 aromatic heterocycles. The van der Waals surface area contributed by atoms with Crippen molar-refractivity contribution < 1.29 is 23.9 Å². The van der Waals surface area contributed by atoms with Crippen LogP contribution in [0, 0.1) is 0 Å². The Kier molecular flexibility index (Phi) is 6.41. The standard InChI is InChI=1S/C7H7BO3S.2H2O/c8-7-4-2-1-3-6(7)5-12(9,10)11;;/h1-4H,5H2,(H,9,10,11);2*1H2/q+2;;/p-2. The van der Waals surface area contributed by atoms with E-state index < -0.39 is 15.9 Å². The molecule has 1 rings (SSSR count). The van der Waals surface area contributed by atoms with Gasteiger partial charge in [-0.25, -0.2) is 0 Å². The first-order valence-electron chi connectivity index (χ1n) is 3.27. The Bertz CT molecular complexity index is 375. The predicted octanol–water partition coefficient (Wildman–Crippen LogP) is -0.485. The quantitative estimate of drug-likeness (QED) is 0.529. The van der Waals surface area contributed by atoms with Gasteiger partial charge in [0.2, 0.25) is 0 Å². The maximum Gasteiger partial charge on any atom is -0.870 e. The van der Waals surface area contributed by atoms with Crippen molar-refractivity contribution in [2.24, 2.45) is 0 Å². The summed E-state index contributed by atoms with van der Waals surface area (Å²) in [5.74, 6) is -0.431. The van der Waals surface area contributed by atoms with Crippen molar-refractivity contribution in [2.75, 3.05) is 0 Å². The van der Waals surface area contributed by atoms with E-state index in [1.165, 1.54) is 0 Å². The van der Waals surface area contributed by atoms with Crippen molar-refractivity contribution in [1.82, 2.24) is 0 Å². The van der Waals surface area contributed by atoms with Crippen molar-refractivity contribution in [3.63, 3.8) is 0 Å². The van der Waals surface area contributed by atoms with Gasteiger partial charge < -0.3 is 11.0 Å². The van der Waals surface area contributed by atoms with Crippen LogP contribution in [0.15, 0.2) is 24.3 Å². The zero-order chi connectivity index (χ0) is 9.19. The number of hydrogen-bond acceptors (Lipinski definition) is 4. The fraction of sp³-hybridized carbons (Fsp3) is 0.143. The monoisotopic (exact) mass is 216 g/mol. The third-order valence-electron chi connectivity index (χ3n) is 1.39. The Balaban J connectivity index is 0. The third-order valence-corrected chi connectivity index (χ3v) is 2.07.